The molecule has 1 aliphatic carbocycles. The second kappa shape index (κ2) is 8.14. The number of ether oxygens (including phenoxy) is 3. The first-order chi connectivity index (χ1) is 13.1. The average molecular weight is 398 g/mol. The van der Waals surface area contributed by atoms with E-state index in [0.29, 0.717) is 32.3 Å². The molecule has 0 aromatic heterocycles. The second-order valence-electron chi connectivity index (χ2n) is 10.5. The van der Waals surface area contributed by atoms with Crippen molar-refractivity contribution >= 4 is 0 Å². The summed E-state index contributed by atoms with van der Waals surface area (Å²) in [7, 11) is 0. The van der Waals surface area contributed by atoms with E-state index in [0.717, 1.165) is 12.8 Å². The number of piperidine rings is 1. The predicted octanol–water partition coefficient (Wildman–Crippen LogP) is 5.15. The molecule has 5 nitrogen and oxygen atoms in total. The van der Waals surface area contributed by atoms with Crippen molar-refractivity contribution < 1.29 is 19.4 Å². The van der Waals surface area contributed by atoms with Gasteiger partial charge in [-0.15, -0.1) is 0 Å². The Morgan fingerprint density at radius 1 is 1.00 bits per heavy atom. The van der Waals surface area contributed by atoms with E-state index in [1.165, 1.54) is 32.1 Å². The monoisotopic (exact) mass is 397 g/mol. The maximum absolute atomic E-state index is 11.1. The first kappa shape index (κ1) is 22.5. The lowest BCUT2D eigenvalue weighted by Gasteiger charge is -2.63. The van der Waals surface area contributed by atoms with Gasteiger partial charge in [0.05, 0.1) is 31.5 Å². The molecule has 3 aliphatic rings. The largest absolute Gasteiger partial charge is 0.377 e. The van der Waals surface area contributed by atoms with E-state index in [2.05, 4.69) is 41.5 Å². The lowest BCUT2D eigenvalue weighted by molar-refractivity contribution is -0.402. The van der Waals surface area contributed by atoms with Crippen LogP contribution in [0.2, 0.25) is 0 Å². The Hall–Kier alpha value is -0.200. The smallest absolute Gasteiger partial charge is 0.174 e. The van der Waals surface area contributed by atoms with Gasteiger partial charge >= 0.3 is 0 Å². The maximum Gasteiger partial charge on any atom is 0.174 e. The van der Waals surface area contributed by atoms with Crippen LogP contribution < -0.4 is 0 Å². The molecule has 0 radical (unpaired) electrons. The fourth-order valence-electron chi connectivity index (χ4n) is 5.43. The van der Waals surface area contributed by atoms with Crippen LogP contribution in [0.4, 0.5) is 0 Å². The highest BCUT2D eigenvalue weighted by atomic mass is 16.7. The van der Waals surface area contributed by atoms with E-state index in [9.17, 15) is 5.21 Å². The molecule has 1 saturated carbocycles. The summed E-state index contributed by atoms with van der Waals surface area (Å²) in [5.41, 5.74) is -0.844. The Morgan fingerprint density at radius 2 is 1.61 bits per heavy atom. The Balaban J connectivity index is 1.69. The van der Waals surface area contributed by atoms with Gasteiger partial charge in [-0.3, -0.25) is 0 Å². The molecule has 1 spiro atoms. The molecule has 28 heavy (non-hydrogen) atoms. The highest BCUT2D eigenvalue weighted by molar-refractivity contribution is 5.08. The van der Waals surface area contributed by atoms with Crippen molar-refractivity contribution in [3.05, 3.63) is 0 Å². The third-order valence-electron chi connectivity index (χ3n) is 8.24. The van der Waals surface area contributed by atoms with E-state index >= 15 is 0 Å². The predicted molar refractivity (Wildman–Crippen MR) is 110 cm³/mol. The van der Waals surface area contributed by atoms with Gasteiger partial charge < -0.3 is 19.4 Å². The number of hydrogen-bond acceptors (Lipinski definition) is 5. The molecular weight excluding hydrogens is 354 g/mol. The molecule has 3 atom stereocenters. The molecule has 164 valence electrons. The van der Waals surface area contributed by atoms with Crippen molar-refractivity contribution in [2.45, 2.75) is 116 Å². The molecular formula is C23H43NO4. The van der Waals surface area contributed by atoms with Crippen molar-refractivity contribution in [3.63, 3.8) is 0 Å². The van der Waals surface area contributed by atoms with Crippen molar-refractivity contribution in [1.29, 1.82) is 0 Å². The standard InChI is InChI=1S/C23H43NO4/c1-7-21(5)14-23(18(3)22(6,8-2)24(21)25)27-16-20(4,17-28-23)15-26-19-12-10-9-11-13-19/h18-19,25H,7-17H2,1-6H3. The summed E-state index contributed by atoms with van der Waals surface area (Å²) in [5, 5.41) is 12.7. The minimum atomic E-state index is -0.640. The molecule has 2 aliphatic heterocycles. The van der Waals surface area contributed by atoms with Gasteiger partial charge in [-0.2, -0.15) is 5.06 Å². The molecule has 3 rings (SSSR count). The van der Waals surface area contributed by atoms with Gasteiger partial charge in [0.25, 0.3) is 0 Å². The topological polar surface area (TPSA) is 51.2 Å². The number of rotatable bonds is 5. The molecule has 0 bridgehead atoms. The number of hydrogen-bond donors (Lipinski definition) is 1. The normalized spacial score (nSPS) is 46.2. The third kappa shape index (κ3) is 3.90. The molecule has 3 unspecified atom stereocenters. The molecule has 1 N–H and O–H groups in total. The Labute approximate surface area is 172 Å². The summed E-state index contributed by atoms with van der Waals surface area (Å²) >= 11 is 0. The van der Waals surface area contributed by atoms with E-state index in [1.807, 2.05) is 0 Å². The Morgan fingerprint density at radius 3 is 2.14 bits per heavy atom. The van der Waals surface area contributed by atoms with Crippen LogP contribution in [0, 0.1) is 11.3 Å². The first-order valence-electron chi connectivity index (χ1n) is 11.5. The fourth-order valence-corrected chi connectivity index (χ4v) is 5.43. The minimum absolute atomic E-state index is 0.0680. The summed E-state index contributed by atoms with van der Waals surface area (Å²) in [4.78, 5) is 0. The highest BCUT2D eigenvalue weighted by Gasteiger charge is 2.62. The van der Waals surface area contributed by atoms with Gasteiger partial charge in [-0.05, 0) is 39.5 Å². The summed E-state index contributed by atoms with van der Waals surface area (Å²) in [6.45, 7) is 14.9. The van der Waals surface area contributed by atoms with Crippen LogP contribution in [0.5, 0.6) is 0 Å². The molecule has 0 amide bonds. The van der Waals surface area contributed by atoms with E-state index in [1.54, 1.807) is 5.06 Å². The Bertz CT molecular complexity index is 527. The van der Waals surface area contributed by atoms with Crippen LogP contribution in [0.1, 0.15) is 92.9 Å². The van der Waals surface area contributed by atoms with Crippen LogP contribution in [0.15, 0.2) is 0 Å². The summed E-state index contributed by atoms with van der Waals surface area (Å²) in [6, 6.07) is 0. The van der Waals surface area contributed by atoms with Crippen molar-refractivity contribution in [2.24, 2.45) is 11.3 Å². The summed E-state index contributed by atoms with van der Waals surface area (Å²) < 4.78 is 19.4. The molecule has 0 aromatic carbocycles. The van der Waals surface area contributed by atoms with Crippen LogP contribution in [0.25, 0.3) is 0 Å². The SMILES string of the molecule is CCC1(C)CC2(OCC(C)(COC3CCCCC3)CO2)C(C)C(C)(CC)N1O. The van der Waals surface area contributed by atoms with Gasteiger partial charge in [0, 0.05) is 23.3 Å². The summed E-state index contributed by atoms with van der Waals surface area (Å²) in [5.74, 6) is -0.572. The van der Waals surface area contributed by atoms with E-state index in [4.69, 9.17) is 14.2 Å². The van der Waals surface area contributed by atoms with E-state index < -0.39 is 5.79 Å². The zero-order valence-corrected chi connectivity index (χ0v) is 19.1. The molecule has 2 saturated heterocycles. The molecule has 3 fully saturated rings. The molecule has 0 aromatic rings. The quantitative estimate of drug-likeness (QED) is 0.695. The average Bonchev–Trinajstić information content (AvgIpc) is 2.72. The van der Waals surface area contributed by atoms with Gasteiger partial charge in [0.1, 0.15) is 0 Å². The zero-order valence-electron chi connectivity index (χ0n) is 19.1. The first-order valence-corrected chi connectivity index (χ1v) is 11.5. The van der Waals surface area contributed by atoms with Gasteiger partial charge in [-0.1, -0.05) is 47.0 Å². The number of nitrogens with zero attached hydrogens (tertiary/aromatic N) is 1. The Kier molecular flexibility index (Phi) is 6.54. The van der Waals surface area contributed by atoms with E-state index in [-0.39, 0.29) is 22.4 Å². The molecule has 2 heterocycles. The van der Waals surface area contributed by atoms with Crippen molar-refractivity contribution in [2.75, 3.05) is 19.8 Å². The van der Waals surface area contributed by atoms with Crippen LogP contribution in [-0.4, -0.2) is 53.1 Å². The number of hydroxylamine groups is 2. The second-order valence-corrected chi connectivity index (χ2v) is 10.5. The van der Waals surface area contributed by atoms with Crippen LogP contribution in [0.3, 0.4) is 0 Å². The van der Waals surface area contributed by atoms with Crippen LogP contribution in [-0.2, 0) is 14.2 Å². The zero-order chi connectivity index (χ0) is 20.6. The van der Waals surface area contributed by atoms with Gasteiger partial charge in [0.2, 0.25) is 0 Å². The van der Waals surface area contributed by atoms with Gasteiger partial charge in [0.15, 0.2) is 5.79 Å². The summed E-state index contributed by atoms with van der Waals surface area (Å²) in [6.07, 6.45) is 9.09. The van der Waals surface area contributed by atoms with Gasteiger partial charge in [-0.25, -0.2) is 0 Å². The lowest BCUT2D eigenvalue weighted by atomic mass is 9.67. The lowest BCUT2D eigenvalue weighted by Crippen LogP contribution is -2.73. The maximum atomic E-state index is 11.1. The molecule has 5 heteroatoms. The van der Waals surface area contributed by atoms with Crippen molar-refractivity contribution in [3.8, 4) is 0 Å². The fraction of sp³-hybridized carbons (Fsp3) is 1.00. The van der Waals surface area contributed by atoms with Crippen LogP contribution >= 0.6 is 0 Å². The minimum Gasteiger partial charge on any atom is -0.377 e. The van der Waals surface area contributed by atoms with Crippen molar-refractivity contribution in [1.82, 2.24) is 5.06 Å². The highest BCUT2D eigenvalue weighted by Crippen LogP contribution is 2.53. The third-order valence-corrected chi connectivity index (χ3v) is 8.24.